The van der Waals surface area contributed by atoms with Gasteiger partial charge < -0.3 is 20.5 Å². The summed E-state index contributed by atoms with van der Waals surface area (Å²) in [7, 11) is 0. The minimum atomic E-state index is -1.51. The van der Waals surface area contributed by atoms with Crippen molar-refractivity contribution in [1.29, 1.82) is 0 Å². The molecule has 3 aromatic carbocycles. The third-order valence-corrected chi connectivity index (χ3v) is 11.8. The number of amides is 2. The molecule has 2 unspecified atom stereocenters. The second-order valence-corrected chi connectivity index (χ2v) is 14.9. The van der Waals surface area contributed by atoms with Crippen LogP contribution < -0.4 is 10.6 Å². The average molecular weight is 767 g/mol. The number of thiophene rings is 1. The monoisotopic (exact) mass is 764 g/mol. The third-order valence-electron chi connectivity index (χ3n) is 7.73. The minimum Gasteiger partial charge on any atom is -0.478 e. The zero-order valence-corrected chi connectivity index (χ0v) is 30.2. The lowest BCUT2D eigenvalue weighted by molar-refractivity contribution is -0.115. The molecule has 1 aliphatic carbocycles. The Bertz CT molecular complexity index is 1920. The topological polar surface area (TPSA) is 122 Å². The Balaban J connectivity index is 1.32. The average Bonchev–Trinajstić information content (AvgIpc) is 3.42. The molecule has 48 heavy (non-hydrogen) atoms. The maximum absolute atomic E-state index is 13.5. The smallest absolute Gasteiger partial charge is 0.341 e. The van der Waals surface area contributed by atoms with Crippen LogP contribution in [0.4, 0.5) is 10.7 Å². The minimum absolute atomic E-state index is 0.213. The van der Waals surface area contributed by atoms with Crippen molar-refractivity contribution in [2.45, 2.75) is 49.2 Å². The van der Waals surface area contributed by atoms with Crippen LogP contribution in [0, 0.1) is 0 Å². The second-order valence-electron chi connectivity index (χ2n) is 10.8. The Morgan fingerprint density at radius 1 is 0.938 bits per heavy atom. The normalized spacial score (nSPS) is 14.5. The maximum atomic E-state index is 13.5. The number of halogens is 4. The van der Waals surface area contributed by atoms with Crippen LogP contribution in [0.3, 0.4) is 0 Å². The summed E-state index contributed by atoms with van der Waals surface area (Å²) in [6, 6.07) is 16.9. The van der Waals surface area contributed by atoms with Crippen molar-refractivity contribution >= 4 is 104 Å². The number of carboxylic acid groups (broad SMARTS) is 1. The van der Waals surface area contributed by atoms with Gasteiger partial charge in [0, 0.05) is 15.5 Å². The van der Waals surface area contributed by atoms with Crippen molar-refractivity contribution in [1.82, 2.24) is 0 Å². The largest absolute Gasteiger partial charge is 0.478 e. The number of hydrogen-bond acceptors (Lipinski definition) is 7. The van der Waals surface area contributed by atoms with Crippen LogP contribution in [0.25, 0.3) is 0 Å². The number of carboxylic acids is 1. The number of nitrogens with one attached hydrogen (secondary N) is 2. The van der Waals surface area contributed by atoms with E-state index in [9.17, 15) is 24.3 Å². The van der Waals surface area contributed by atoms with E-state index in [-0.39, 0.29) is 27.6 Å². The zero-order chi connectivity index (χ0) is 34.7. The molecule has 8 nitrogen and oxygen atoms in total. The molecule has 5 rings (SSSR count). The van der Waals surface area contributed by atoms with Crippen molar-refractivity contribution in [3.63, 3.8) is 0 Å². The SMILES string of the molecule is CCOC(=O)c1c(NC(=O)C(C)Sc2cccc(NC(=O)c3c(Cl)c(Cl)c(Cl)c(Cl)c3C(=O)O)c2)sc2c1CCC(c1ccccc1)C2. The number of carbonyl (C=O) groups is 4. The number of esters is 1. The molecule has 250 valence electrons. The first-order chi connectivity index (χ1) is 22.9. The molecule has 0 saturated heterocycles. The number of thioether (sulfide) groups is 1. The van der Waals surface area contributed by atoms with Crippen LogP contribution in [0.2, 0.25) is 20.1 Å². The molecule has 0 saturated carbocycles. The zero-order valence-electron chi connectivity index (χ0n) is 25.5. The van der Waals surface area contributed by atoms with Gasteiger partial charge in [-0.3, -0.25) is 9.59 Å². The molecule has 14 heteroatoms. The summed E-state index contributed by atoms with van der Waals surface area (Å²) in [6.07, 6.45) is 2.35. The fourth-order valence-corrected chi connectivity index (χ4v) is 8.72. The summed E-state index contributed by atoms with van der Waals surface area (Å²) < 4.78 is 5.38. The highest BCUT2D eigenvalue weighted by atomic mass is 35.5. The number of carbonyl (C=O) groups excluding carboxylic acids is 3. The fraction of sp³-hybridized carbons (Fsp3) is 0.235. The van der Waals surface area contributed by atoms with Crippen LogP contribution in [-0.4, -0.2) is 40.7 Å². The van der Waals surface area contributed by atoms with Gasteiger partial charge in [0.1, 0.15) is 5.00 Å². The van der Waals surface area contributed by atoms with Gasteiger partial charge >= 0.3 is 11.9 Å². The molecule has 0 spiro atoms. The first-order valence-electron chi connectivity index (χ1n) is 14.8. The Morgan fingerprint density at radius 3 is 2.29 bits per heavy atom. The molecule has 2 atom stereocenters. The van der Waals surface area contributed by atoms with Crippen molar-refractivity contribution < 1.29 is 29.0 Å². The number of rotatable bonds is 10. The Morgan fingerprint density at radius 2 is 1.62 bits per heavy atom. The van der Waals surface area contributed by atoms with E-state index in [0.717, 1.165) is 23.3 Å². The summed E-state index contributed by atoms with van der Waals surface area (Å²) in [4.78, 5) is 53.4. The molecule has 4 aromatic rings. The first kappa shape index (κ1) is 36.0. The molecule has 1 heterocycles. The number of benzene rings is 3. The van der Waals surface area contributed by atoms with Gasteiger partial charge in [0.05, 0.1) is 48.6 Å². The Hall–Kier alpha value is -3.25. The second kappa shape index (κ2) is 15.5. The van der Waals surface area contributed by atoms with E-state index in [1.165, 1.54) is 28.7 Å². The highest BCUT2D eigenvalue weighted by Gasteiger charge is 2.32. The standard InChI is InChI=1S/C34H28Cl4N2O6S2/c1-3-46-34(45)23-21-13-12-18(17-8-5-4-6-9-17)14-22(21)48-32(23)40-30(41)16(2)47-20-11-7-10-19(15-20)39-31(42)24-25(33(43)44)27(36)29(38)28(37)26(24)35/h4-11,15-16,18H,3,12-14H2,1-2H3,(H,39,42)(H,40,41)(H,43,44). The van der Waals surface area contributed by atoms with Crippen LogP contribution in [0.1, 0.15) is 73.3 Å². The number of ether oxygens (including phenoxy) is 1. The molecular weight excluding hydrogens is 738 g/mol. The predicted octanol–water partition coefficient (Wildman–Crippen LogP) is 9.88. The quantitative estimate of drug-likeness (QED) is 0.0636. The van der Waals surface area contributed by atoms with Gasteiger partial charge in [-0.1, -0.05) is 82.8 Å². The molecular formula is C34H28Cl4N2O6S2. The predicted molar refractivity (Wildman–Crippen MR) is 193 cm³/mol. The summed E-state index contributed by atoms with van der Waals surface area (Å²) in [5, 5.41) is 13.8. The first-order valence-corrected chi connectivity index (χ1v) is 18.0. The van der Waals surface area contributed by atoms with E-state index in [2.05, 4.69) is 22.8 Å². The van der Waals surface area contributed by atoms with Crippen LogP contribution in [-0.2, 0) is 22.4 Å². The molecule has 0 aliphatic heterocycles. The highest BCUT2D eigenvalue weighted by molar-refractivity contribution is 8.00. The molecule has 0 fully saturated rings. The lowest BCUT2D eigenvalue weighted by Gasteiger charge is -2.23. The van der Waals surface area contributed by atoms with Gasteiger partial charge in [-0.25, -0.2) is 9.59 Å². The van der Waals surface area contributed by atoms with Crippen molar-refractivity contribution in [3.05, 3.63) is 107 Å². The fourth-order valence-electron chi connectivity index (χ4n) is 5.46. The Kier molecular flexibility index (Phi) is 11.7. The summed E-state index contributed by atoms with van der Waals surface area (Å²) in [6.45, 7) is 3.68. The molecule has 1 aliphatic rings. The van der Waals surface area contributed by atoms with Gasteiger partial charge in [-0.2, -0.15) is 0 Å². The number of anilines is 2. The summed E-state index contributed by atoms with van der Waals surface area (Å²) in [5.74, 6) is -2.83. The number of fused-ring (bicyclic) bond motifs is 1. The van der Waals surface area contributed by atoms with Crippen LogP contribution in [0.15, 0.2) is 59.5 Å². The van der Waals surface area contributed by atoms with Gasteiger partial charge in [-0.05, 0) is 68.4 Å². The van der Waals surface area contributed by atoms with E-state index in [0.29, 0.717) is 33.5 Å². The number of aromatic carboxylic acids is 1. The van der Waals surface area contributed by atoms with Crippen molar-refractivity contribution in [3.8, 4) is 0 Å². The molecule has 2 amide bonds. The van der Waals surface area contributed by atoms with Gasteiger partial charge in [0.15, 0.2) is 0 Å². The van der Waals surface area contributed by atoms with E-state index in [1.54, 1.807) is 38.1 Å². The summed E-state index contributed by atoms with van der Waals surface area (Å²) in [5.41, 5.74) is 1.86. The van der Waals surface area contributed by atoms with Crippen molar-refractivity contribution in [2.24, 2.45) is 0 Å². The van der Waals surface area contributed by atoms with E-state index < -0.39 is 39.2 Å². The van der Waals surface area contributed by atoms with Gasteiger partial charge in [-0.15, -0.1) is 23.1 Å². The van der Waals surface area contributed by atoms with Crippen molar-refractivity contribution in [2.75, 3.05) is 17.2 Å². The van der Waals surface area contributed by atoms with Gasteiger partial charge in [0.2, 0.25) is 5.91 Å². The van der Waals surface area contributed by atoms with Crippen LogP contribution in [0.5, 0.6) is 0 Å². The lowest BCUT2D eigenvalue weighted by atomic mass is 9.83. The van der Waals surface area contributed by atoms with E-state index in [1.807, 2.05) is 18.2 Å². The maximum Gasteiger partial charge on any atom is 0.341 e. The molecule has 0 bridgehead atoms. The molecule has 0 radical (unpaired) electrons. The number of hydrogen-bond donors (Lipinski definition) is 3. The Labute approximate surface area is 305 Å². The third kappa shape index (κ3) is 7.64. The van der Waals surface area contributed by atoms with Gasteiger partial charge in [0.25, 0.3) is 5.91 Å². The van der Waals surface area contributed by atoms with E-state index >= 15 is 0 Å². The molecule has 3 N–H and O–H groups in total. The molecule has 1 aromatic heterocycles. The summed E-state index contributed by atoms with van der Waals surface area (Å²) >= 11 is 27.1. The highest BCUT2D eigenvalue weighted by Crippen LogP contribution is 2.44. The lowest BCUT2D eigenvalue weighted by Crippen LogP contribution is -2.23. The van der Waals surface area contributed by atoms with Crippen LogP contribution >= 0.6 is 69.5 Å². The van der Waals surface area contributed by atoms with E-state index in [4.69, 9.17) is 51.1 Å².